The van der Waals surface area contributed by atoms with Crippen molar-refractivity contribution in [3.05, 3.63) is 59.7 Å². The molecule has 6 nitrogen and oxygen atoms in total. The zero-order chi connectivity index (χ0) is 18.5. The molecule has 0 aliphatic carbocycles. The van der Waals surface area contributed by atoms with Crippen LogP contribution in [0.5, 0.6) is 0 Å². The fourth-order valence-corrected chi connectivity index (χ4v) is 3.33. The number of aromatic nitrogens is 2. The van der Waals surface area contributed by atoms with Crippen molar-refractivity contribution in [3.63, 3.8) is 0 Å². The van der Waals surface area contributed by atoms with Crippen molar-refractivity contribution in [2.75, 3.05) is 27.2 Å². The number of amides is 2. The summed E-state index contributed by atoms with van der Waals surface area (Å²) >= 11 is 0. The van der Waals surface area contributed by atoms with Crippen LogP contribution in [0, 0.1) is 5.92 Å². The summed E-state index contributed by atoms with van der Waals surface area (Å²) in [5.74, 6) is 0.299. The van der Waals surface area contributed by atoms with E-state index in [1.54, 1.807) is 20.2 Å². The van der Waals surface area contributed by atoms with Crippen LogP contribution in [-0.2, 0) is 6.42 Å². The normalized spacial score (nSPS) is 17.0. The van der Waals surface area contributed by atoms with Gasteiger partial charge in [0, 0.05) is 38.4 Å². The first-order chi connectivity index (χ1) is 12.5. The van der Waals surface area contributed by atoms with Crippen LogP contribution in [0.4, 0.5) is 0 Å². The van der Waals surface area contributed by atoms with Gasteiger partial charge in [0.15, 0.2) is 0 Å². The van der Waals surface area contributed by atoms with Crippen molar-refractivity contribution in [1.82, 2.24) is 19.8 Å². The minimum atomic E-state index is -0.127. The quantitative estimate of drug-likeness (QED) is 0.847. The SMILES string of the molecule is CN(C)C(=O)c1cc(CC2CCCN(C(=O)c3ccccc3)C2)ncn1. The van der Waals surface area contributed by atoms with Crippen LogP contribution in [0.3, 0.4) is 0 Å². The average Bonchev–Trinajstić information content (AvgIpc) is 2.68. The molecule has 1 aliphatic heterocycles. The van der Waals surface area contributed by atoms with Gasteiger partial charge in [-0.05, 0) is 43.4 Å². The molecule has 0 saturated carbocycles. The largest absolute Gasteiger partial charge is 0.343 e. The van der Waals surface area contributed by atoms with E-state index in [0.717, 1.165) is 37.1 Å². The molecule has 2 amide bonds. The van der Waals surface area contributed by atoms with Crippen LogP contribution < -0.4 is 0 Å². The van der Waals surface area contributed by atoms with Crippen LogP contribution in [0.2, 0.25) is 0 Å². The number of benzene rings is 1. The first-order valence-corrected chi connectivity index (χ1v) is 8.91. The number of nitrogens with zero attached hydrogens (tertiary/aromatic N) is 4. The van der Waals surface area contributed by atoms with E-state index in [9.17, 15) is 9.59 Å². The van der Waals surface area contributed by atoms with E-state index in [4.69, 9.17) is 0 Å². The molecule has 0 radical (unpaired) electrons. The van der Waals surface area contributed by atoms with Gasteiger partial charge in [-0.1, -0.05) is 18.2 Å². The van der Waals surface area contributed by atoms with E-state index in [2.05, 4.69) is 9.97 Å². The first kappa shape index (κ1) is 18.0. The Balaban J connectivity index is 1.66. The van der Waals surface area contributed by atoms with Crippen LogP contribution in [-0.4, -0.2) is 58.8 Å². The summed E-state index contributed by atoms with van der Waals surface area (Å²) in [5.41, 5.74) is 1.99. The zero-order valence-electron chi connectivity index (χ0n) is 15.3. The Bertz CT molecular complexity index is 776. The Morgan fingerprint density at radius 3 is 2.69 bits per heavy atom. The molecule has 1 atom stereocenters. The molecule has 1 fully saturated rings. The number of likely N-dealkylation sites (tertiary alicyclic amines) is 1. The lowest BCUT2D eigenvalue weighted by molar-refractivity contribution is 0.0672. The van der Waals surface area contributed by atoms with E-state index in [1.807, 2.05) is 35.2 Å². The maximum absolute atomic E-state index is 12.7. The highest BCUT2D eigenvalue weighted by molar-refractivity contribution is 5.94. The molecule has 3 rings (SSSR count). The highest BCUT2D eigenvalue weighted by atomic mass is 16.2. The molecule has 6 heteroatoms. The van der Waals surface area contributed by atoms with Crippen molar-refractivity contribution in [3.8, 4) is 0 Å². The van der Waals surface area contributed by atoms with Gasteiger partial charge in [-0.3, -0.25) is 9.59 Å². The Kier molecular flexibility index (Phi) is 5.61. The highest BCUT2D eigenvalue weighted by Crippen LogP contribution is 2.22. The molecule has 0 spiro atoms. The van der Waals surface area contributed by atoms with Gasteiger partial charge < -0.3 is 9.80 Å². The third-order valence-electron chi connectivity index (χ3n) is 4.67. The second-order valence-corrected chi connectivity index (χ2v) is 6.92. The second-order valence-electron chi connectivity index (χ2n) is 6.92. The Morgan fingerprint density at radius 2 is 1.96 bits per heavy atom. The highest BCUT2D eigenvalue weighted by Gasteiger charge is 2.25. The van der Waals surface area contributed by atoms with Gasteiger partial charge in [-0.15, -0.1) is 0 Å². The Labute approximate surface area is 153 Å². The summed E-state index contributed by atoms with van der Waals surface area (Å²) in [4.78, 5) is 36.6. The van der Waals surface area contributed by atoms with E-state index < -0.39 is 0 Å². The molecule has 1 saturated heterocycles. The van der Waals surface area contributed by atoms with Crippen LogP contribution >= 0.6 is 0 Å². The van der Waals surface area contributed by atoms with E-state index in [-0.39, 0.29) is 11.8 Å². The number of hydrogen-bond acceptors (Lipinski definition) is 4. The summed E-state index contributed by atoms with van der Waals surface area (Å²) in [5, 5.41) is 0. The maximum atomic E-state index is 12.7. The third-order valence-corrected chi connectivity index (χ3v) is 4.67. The lowest BCUT2D eigenvalue weighted by atomic mass is 9.92. The molecular weight excluding hydrogens is 328 g/mol. The predicted octanol–water partition coefficient (Wildman–Crippen LogP) is 2.27. The number of carbonyl (C=O) groups is 2. The second kappa shape index (κ2) is 8.08. The van der Waals surface area contributed by atoms with Crippen molar-refractivity contribution < 1.29 is 9.59 Å². The van der Waals surface area contributed by atoms with Crippen molar-refractivity contribution in [2.45, 2.75) is 19.3 Å². The van der Waals surface area contributed by atoms with E-state index in [1.165, 1.54) is 11.2 Å². The van der Waals surface area contributed by atoms with Crippen molar-refractivity contribution in [2.24, 2.45) is 5.92 Å². The molecule has 1 unspecified atom stereocenters. The molecule has 0 N–H and O–H groups in total. The molecular formula is C20H24N4O2. The minimum absolute atomic E-state index is 0.0847. The van der Waals surface area contributed by atoms with Gasteiger partial charge in [-0.2, -0.15) is 0 Å². The predicted molar refractivity (Wildman–Crippen MR) is 98.8 cm³/mol. The summed E-state index contributed by atoms with van der Waals surface area (Å²) in [6.45, 7) is 1.51. The lowest BCUT2D eigenvalue weighted by Gasteiger charge is -2.32. The Hall–Kier alpha value is -2.76. The van der Waals surface area contributed by atoms with Crippen LogP contribution in [0.1, 0.15) is 39.4 Å². The van der Waals surface area contributed by atoms with Gasteiger partial charge in [0.25, 0.3) is 11.8 Å². The number of rotatable bonds is 4. The van der Waals surface area contributed by atoms with E-state index >= 15 is 0 Å². The summed E-state index contributed by atoms with van der Waals surface area (Å²) in [6.07, 6.45) is 4.23. The fraction of sp³-hybridized carbons (Fsp3) is 0.400. The zero-order valence-corrected chi connectivity index (χ0v) is 15.3. The number of carbonyl (C=O) groups excluding carboxylic acids is 2. The summed E-state index contributed by atoms with van der Waals surface area (Å²) in [6, 6.07) is 11.2. The maximum Gasteiger partial charge on any atom is 0.272 e. The van der Waals surface area contributed by atoms with Gasteiger partial charge in [0.2, 0.25) is 0 Å². The molecule has 1 aliphatic rings. The van der Waals surface area contributed by atoms with Gasteiger partial charge >= 0.3 is 0 Å². The third kappa shape index (κ3) is 4.25. The monoisotopic (exact) mass is 352 g/mol. The lowest BCUT2D eigenvalue weighted by Crippen LogP contribution is -2.40. The molecule has 1 aromatic heterocycles. The van der Waals surface area contributed by atoms with E-state index in [0.29, 0.717) is 18.2 Å². The number of hydrogen-bond donors (Lipinski definition) is 0. The minimum Gasteiger partial charge on any atom is -0.343 e. The summed E-state index contributed by atoms with van der Waals surface area (Å²) < 4.78 is 0. The van der Waals surface area contributed by atoms with Crippen LogP contribution in [0.25, 0.3) is 0 Å². The fourth-order valence-electron chi connectivity index (χ4n) is 3.33. The number of piperidine rings is 1. The van der Waals surface area contributed by atoms with Crippen LogP contribution in [0.15, 0.2) is 42.7 Å². The van der Waals surface area contributed by atoms with Crippen molar-refractivity contribution >= 4 is 11.8 Å². The Morgan fingerprint density at radius 1 is 1.19 bits per heavy atom. The average molecular weight is 352 g/mol. The summed E-state index contributed by atoms with van der Waals surface area (Å²) in [7, 11) is 3.41. The first-order valence-electron chi connectivity index (χ1n) is 8.91. The molecule has 0 bridgehead atoms. The standard InChI is InChI=1S/C20H24N4O2/c1-23(2)20(26)18-12-17(21-14-22-18)11-15-7-6-10-24(13-15)19(25)16-8-4-3-5-9-16/h3-5,8-9,12,14-15H,6-7,10-11,13H2,1-2H3. The molecule has 2 heterocycles. The van der Waals surface area contributed by atoms with Gasteiger partial charge in [0.1, 0.15) is 12.0 Å². The van der Waals surface area contributed by atoms with Crippen molar-refractivity contribution in [1.29, 1.82) is 0 Å². The van der Waals surface area contributed by atoms with Gasteiger partial charge in [-0.25, -0.2) is 9.97 Å². The molecule has 26 heavy (non-hydrogen) atoms. The van der Waals surface area contributed by atoms with Gasteiger partial charge in [0.05, 0.1) is 0 Å². The molecule has 136 valence electrons. The molecule has 1 aromatic carbocycles. The molecule has 2 aromatic rings. The smallest absolute Gasteiger partial charge is 0.272 e. The topological polar surface area (TPSA) is 66.4 Å².